The van der Waals surface area contributed by atoms with Crippen molar-refractivity contribution >= 4 is 56.0 Å². The molecule has 1 amide bonds. The van der Waals surface area contributed by atoms with Crippen molar-refractivity contribution in [1.82, 2.24) is 10.2 Å². The van der Waals surface area contributed by atoms with Crippen LogP contribution in [-0.4, -0.2) is 32.9 Å². The Balaban J connectivity index is 1.97. The molecule has 0 aliphatic rings. The van der Waals surface area contributed by atoms with Crippen LogP contribution in [0.1, 0.15) is 10.4 Å². The van der Waals surface area contributed by atoms with Crippen LogP contribution in [0.4, 0.5) is 5.13 Å². The van der Waals surface area contributed by atoms with Crippen molar-refractivity contribution in [3.63, 3.8) is 0 Å². The number of nitrogens with zero attached hydrogens (tertiary/aromatic N) is 2. The largest absolute Gasteiger partial charge is 0.481 e. The molecule has 0 aliphatic heterocycles. The molecular weight excluding hydrogens is 366 g/mol. The zero-order valence-corrected chi connectivity index (χ0v) is 13.1. The van der Waals surface area contributed by atoms with E-state index in [1.807, 2.05) is 0 Å². The molecule has 0 bridgehead atoms. The minimum Gasteiger partial charge on any atom is -0.481 e. The fraction of sp³-hybridized carbons (Fsp3) is 0.0909. The van der Waals surface area contributed by atoms with E-state index in [9.17, 15) is 9.59 Å². The van der Waals surface area contributed by atoms with Crippen molar-refractivity contribution in [2.45, 2.75) is 4.34 Å². The highest BCUT2D eigenvalue weighted by Gasteiger charge is 2.11. The van der Waals surface area contributed by atoms with E-state index in [1.165, 1.54) is 0 Å². The van der Waals surface area contributed by atoms with Crippen LogP contribution < -0.4 is 5.32 Å². The third kappa shape index (κ3) is 4.29. The predicted octanol–water partition coefficient (Wildman–Crippen LogP) is 2.73. The molecule has 2 N–H and O–H groups in total. The molecule has 104 valence electrons. The number of rotatable bonds is 5. The van der Waals surface area contributed by atoms with Gasteiger partial charge in [-0.1, -0.05) is 39.0 Å². The highest BCUT2D eigenvalue weighted by Crippen LogP contribution is 2.25. The lowest BCUT2D eigenvalue weighted by molar-refractivity contribution is -0.133. The lowest BCUT2D eigenvalue weighted by Gasteiger charge is -2.00. The molecule has 0 fully saturated rings. The molecule has 0 aliphatic carbocycles. The van der Waals surface area contributed by atoms with E-state index in [4.69, 9.17) is 5.11 Å². The van der Waals surface area contributed by atoms with E-state index < -0.39 is 5.97 Å². The van der Waals surface area contributed by atoms with Crippen LogP contribution in [0.5, 0.6) is 0 Å². The van der Waals surface area contributed by atoms with E-state index in [-0.39, 0.29) is 11.7 Å². The summed E-state index contributed by atoms with van der Waals surface area (Å²) >= 11 is 5.49. The molecule has 6 nitrogen and oxygen atoms in total. The molecular formula is C11H8BrN3O3S2. The smallest absolute Gasteiger partial charge is 0.313 e. The Kier molecular flexibility index (Phi) is 5.10. The van der Waals surface area contributed by atoms with Crippen LogP contribution in [0, 0.1) is 0 Å². The van der Waals surface area contributed by atoms with Gasteiger partial charge in [0.1, 0.15) is 0 Å². The quantitative estimate of drug-likeness (QED) is 0.618. The number of thioether (sulfide) groups is 1. The Morgan fingerprint density at radius 3 is 2.65 bits per heavy atom. The zero-order chi connectivity index (χ0) is 14.5. The topological polar surface area (TPSA) is 92.2 Å². The summed E-state index contributed by atoms with van der Waals surface area (Å²) in [5.41, 5.74) is 0.503. The molecule has 0 saturated heterocycles. The number of aromatic nitrogens is 2. The average molecular weight is 374 g/mol. The number of carboxylic acid groups (broad SMARTS) is 1. The molecule has 0 atom stereocenters. The summed E-state index contributed by atoms with van der Waals surface area (Å²) in [5, 5.41) is 19.1. The number of anilines is 1. The van der Waals surface area contributed by atoms with Gasteiger partial charge in [-0.2, -0.15) is 0 Å². The number of carboxylic acids is 1. The molecule has 2 rings (SSSR count). The summed E-state index contributed by atoms with van der Waals surface area (Å²) in [6.07, 6.45) is 0. The van der Waals surface area contributed by atoms with Crippen LogP contribution in [0.25, 0.3) is 0 Å². The fourth-order valence-electron chi connectivity index (χ4n) is 1.21. The summed E-state index contributed by atoms with van der Waals surface area (Å²) in [4.78, 5) is 22.3. The zero-order valence-electron chi connectivity index (χ0n) is 9.87. The number of carbonyl (C=O) groups is 2. The third-order valence-electron chi connectivity index (χ3n) is 2.05. The van der Waals surface area contributed by atoms with Crippen LogP contribution in [0.15, 0.2) is 33.1 Å². The first-order chi connectivity index (χ1) is 9.54. The van der Waals surface area contributed by atoms with Gasteiger partial charge in [-0.3, -0.25) is 14.9 Å². The first kappa shape index (κ1) is 14.9. The number of nitrogens with one attached hydrogen (secondary N) is 1. The number of carbonyl (C=O) groups excluding carboxylic acids is 1. The van der Waals surface area contributed by atoms with Gasteiger partial charge in [0.05, 0.1) is 5.75 Å². The normalized spacial score (nSPS) is 10.2. The van der Waals surface area contributed by atoms with Crippen molar-refractivity contribution in [3.05, 3.63) is 34.3 Å². The Morgan fingerprint density at radius 2 is 2.00 bits per heavy atom. The molecule has 0 saturated carbocycles. The molecule has 2 aromatic rings. The second-order valence-electron chi connectivity index (χ2n) is 3.52. The average Bonchev–Trinajstić information content (AvgIpc) is 2.84. The minimum absolute atomic E-state index is 0.0880. The Morgan fingerprint density at radius 1 is 1.30 bits per heavy atom. The van der Waals surface area contributed by atoms with E-state index in [0.717, 1.165) is 27.6 Å². The van der Waals surface area contributed by atoms with Gasteiger partial charge < -0.3 is 5.11 Å². The van der Waals surface area contributed by atoms with Gasteiger partial charge in [-0.25, -0.2) is 0 Å². The lowest BCUT2D eigenvalue weighted by Crippen LogP contribution is -2.11. The Bertz CT molecular complexity index is 630. The number of hydrogen-bond donors (Lipinski definition) is 2. The number of benzene rings is 1. The standard InChI is InChI=1S/C11H8BrN3O3S2/c12-7-3-1-6(2-4-7)9(18)13-10-14-15-11(20-10)19-5-8(16)17/h1-4H,5H2,(H,16,17)(H,13,14,18). The number of halogens is 1. The van der Waals surface area contributed by atoms with Gasteiger partial charge in [0.2, 0.25) is 5.13 Å². The first-order valence-corrected chi connectivity index (χ1v) is 7.89. The third-order valence-corrected chi connectivity index (χ3v) is 4.54. The predicted molar refractivity (Wildman–Crippen MR) is 80.4 cm³/mol. The number of hydrogen-bond acceptors (Lipinski definition) is 6. The molecule has 1 aromatic heterocycles. The highest BCUT2D eigenvalue weighted by atomic mass is 79.9. The highest BCUT2D eigenvalue weighted by molar-refractivity contribution is 9.10. The summed E-state index contributed by atoms with van der Waals surface area (Å²) < 4.78 is 1.39. The van der Waals surface area contributed by atoms with Gasteiger partial charge >= 0.3 is 5.97 Å². The molecule has 20 heavy (non-hydrogen) atoms. The SMILES string of the molecule is O=C(O)CSc1nnc(NC(=O)c2ccc(Br)cc2)s1. The number of amides is 1. The van der Waals surface area contributed by atoms with Gasteiger partial charge in [0.15, 0.2) is 4.34 Å². The Labute approximate surface area is 130 Å². The summed E-state index contributed by atoms with van der Waals surface area (Å²) in [5.74, 6) is -1.30. The van der Waals surface area contributed by atoms with E-state index in [1.54, 1.807) is 24.3 Å². The van der Waals surface area contributed by atoms with Gasteiger partial charge in [0.25, 0.3) is 5.91 Å². The van der Waals surface area contributed by atoms with Crippen LogP contribution in [0.3, 0.4) is 0 Å². The van der Waals surface area contributed by atoms with Crippen molar-refractivity contribution in [2.24, 2.45) is 0 Å². The van der Waals surface area contributed by atoms with Crippen LogP contribution in [-0.2, 0) is 4.79 Å². The molecule has 0 unspecified atom stereocenters. The van der Waals surface area contributed by atoms with Crippen molar-refractivity contribution < 1.29 is 14.7 Å². The van der Waals surface area contributed by atoms with E-state index in [2.05, 4.69) is 31.4 Å². The maximum atomic E-state index is 11.9. The summed E-state index contributed by atoms with van der Waals surface area (Å²) in [6, 6.07) is 6.90. The van der Waals surface area contributed by atoms with Crippen LogP contribution >= 0.6 is 39.0 Å². The van der Waals surface area contributed by atoms with Crippen molar-refractivity contribution in [3.8, 4) is 0 Å². The fourth-order valence-corrected chi connectivity index (χ4v) is 2.94. The summed E-state index contributed by atoms with van der Waals surface area (Å²) in [7, 11) is 0. The molecule has 1 aromatic carbocycles. The van der Waals surface area contributed by atoms with Crippen molar-refractivity contribution in [1.29, 1.82) is 0 Å². The maximum Gasteiger partial charge on any atom is 0.313 e. The van der Waals surface area contributed by atoms with Gasteiger partial charge in [0, 0.05) is 10.0 Å². The molecule has 1 heterocycles. The monoisotopic (exact) mass is 373 g/mol. The second-order valence-corrected chi connectivity index (χ2v) is 6.63. The van der Waals surface area contributed by atoms with Gasteiger partial charge in [-0.15, -0.1) is 10.2 Å². The molecule has 0 radical (unpaired) electrons. The maximum absolute atomic E-state index is 11.9. The minimum atomic E-state index is -0.925. The Hall–Kier alpha value is -1.45. The van der Waals surface area contributed by atoms with Crippen LogP contribution in [0.2, 0.25) is 0 Å². The molecule has 0 spiro atoms. The second kappa shape index (κ2) is 6.82. The summed E-state index contributed by atoms with van der Waals surface area (Å²) in [6.45, 7) is 0. The number of aliphatic carboxylic acids is 1. The van der Waals surface area contributed by atoms with E-state index in [0.29, 0.717) is 15.0 Å². The molecule has 9 heteroatoms. The van der Waals surface area contributed by atoms with Crippen molar-refractivity contribution in [2.75, 3.05) is 11.1 Å². The van der Waals surface area contributed by atoms with Gasteiger partial charge in [-0.05, 0) is 24.3 Å². The lowest BCUT2D eigenvalue weighted by atomic mass is 10.2. The van der Waals surface area contributed by atoms with E-state index >= 15 is 0 Å². The first-order valence-electron chi connectivity index (χ1n) is 5.29.